The number of rotatable bonds is 1. The van der Waals surface area contributed by atoms with E-state index in [1.165, 1.54) is 12.3 Å². The molecule has 0 saturated heterocycles. The molecule has 0 fully saturated rings. The Balaban J connectivity index is 0.00000121. The monoisotopic (exact) mass is 188 g/mol. The van der Waals surface area contributed by atoms with Crippen LogP contribution < -0.4 is 0 Å². The van der Waals surface area contributed by atoms with Crippen molar-refractivity contribution in [3.05, 3.63) is 33.6 Å². The number of nitrogens with zero attached hydrogens (tertiary/aromatic N) is 2. The van der Waals surface area contributed by atoms with Gasteiger partial charge in [-0.05, 0) is 13.8 Å². The highest BCUT2D eigenvalue weighted by atomic mass is 35.5. The summed E-state index contributed by atoms with van der Waals surface area (Å²) >= 11 is 0. The van der Waals surface area contributed by atoms with Crippen molar-refractivity contribution >= 4 is 18.1 Å². The summed E-state index contributed by atoms with van der Waals surface area (Å²) in [6.07, 6.45) is 1.44. The second-order valence-electron chi connectivity index (χ2n) is 2.30. The molecule has 0 aliphatic heterocycles. The summed E-state index contributed by atoms with van der Waals surface area (Å²) in [5, 5.41) is 10.4. The van der Waals surface area contributed by atoms with E-state index in [4.69, 9.17) is 0 Å². The fraction of sp³-hybridized carbons (Fsp3) is 0.286. The van der Waals surface area contributed by atoms with Crippen LogP contribution in [-0.4, -0.2) is 9.91 Å². The second-order valence-corrected chi connectivity index (χ2v) is 2.30. The molecule has 0 spiro atoms. The zero-order chi connectivity index (χ0) is 8.43. The van der Waals surface area contributed by atoms with Crippen molar-refractivity contribution in [2.45, 2.75) is 13.8 Å². The molecule has 1 aromatic rings. The Bertz CT molecular complexity index is 301. The Morgan fingerprint density at radius 3 is 2.50 bits per heavy atom. The number of nitro groups is 1. The minimum Gasteiger partial charge on any atom is -0.261 e. The molecule has 4 nitrogen and oxygen atoms in total. The highest BCUT2D eigenvalue weighted by Gasteiger charge is 2.10. The van der Waals surface area contributed by atoms with Crippen molar-refractivity contribution in [3.63, 3.8) is 0 Å². The van der Waals surface area contributed by atoms with Crippen LogP contribution in [0.5, 0.6) is 0 Å². The lowest BCUT2D eigenvalue weighted by atomic mass is 10.2. The van der Waals surface area contributed by atoms with Crippen LogP contribution in [0.4, 0.5) is 5.69 Å². The van der Waals surface area contributed by atoms with Crippen LogP contribution in [0.15, 0.2) is 12.3 Å². The molecule has 12 heavy (non-hydrogen) atoms. The average Bonchev–Trinajstić information content (AvgIpc) is 1.94. The van der Waals surface area contributed by atoms with Gasteiger partial charge in [-0.25, -0.2) is 0 Å². The van der Waals surface area contributed by atoms with Crippen LogP contribution in [-0.2, 0) is 0 Å². The lowest BCUT2D eigenvalue weighted by molar-refractivity contribution is -0.385. The van der Waals surface area contributed by atoms with Crippen molar-refractivity contribution in [3.8, 4) is 0 Å². The molecule has 0 aliphatic carbocycles. The van der Waals surface area contributed by atoms with Crippen LogP contribution in [0.25, 0.3) is 0 Å². The van der Waals surface area contributed by atoms with Crippen LogP contribution in [0.2, 0.25) is 0 Å². The smallest absolute Gasteiger partial charge is 0.261 e. The molecule has 1 heterocycles. The Morgan fingerprint density at radius 2 is 2.08 bits per heavy atom. The first kappa shape index (κ1) is 10.8. The quantitative estimate of drug-likeness (QED) is 0.501. The maximum absolute atomic E-state index is 10.4. The Morgan fingerprint density at radius 1 is 1.50 bits per heavy atom. The van der Waals surface area contributed by atoms with Crippen molar-refractivity contribution in [1.82, 2.24) is 4.98 Å². The van der Waals surface area contributed by atoms with E-state index in [-0.39, 0.29) is 18.1 Å². The highest BCUT2D eigenvalue weighted by molar-refractivity contribution is 5.85. The third kappa shape index (κ3) is 1.92. The molecule has 0 bridgehead atoms. The number of hydrogen-bond acceptors (Lipinski definition) is 3. The number of halogens is 1. The Hall–Kier alpha value is -1.16. The predicted octanol–water partition coefficient (Wildman–Crippen LogP) is 2.03. The average molecular weight is 189 g/mol. The van der Waals surface area contributed by atoms with Crippen LogP contribution >= 0.6 is 12.4 Å². The number of aromatic nitrogens is 1. The van der Waals surface area contributed by atoms with E-state index in [1.807, 2.05) is 0 Å². The van der Waals surface area contributed by atoms with E-state index >= 15 is 0 Å². The van der Waals surface area contributed by atoms with Gasteiger partial charge in [-0.3, -0.25) is 15.1 Å². The first-order chi connectivity index (χ1) is 5.13. The van der Waals surface area contributed by atoms with Gasteiger partial charge >= 0.3 is 0 Å². The molecule has 0 amide bonds. The first-order valence-electron chi connectivity index (χ1n) is 3.19. The van der Waals surface area contributed by atoms with Crippen molar-refractivity contribution < 1.29 is 4.92 Å². The summed E-state index contributed by atoms with van der Waals surface area (Å²) < 4.78 is 0. The molecule has 1 aromatic heterocycles. The second kappa shape index (κ2) is 4.01. The number of pyridine rings is 1. The molecule has 0 atom stereocenters. The minimum atomic E-state index is -0.399. The third-order valence-corrected chi connectivity index (χ3v) is 1.62. The summed E-state index contributed by atoms with van der Waals surface area (Å²) in [5.74, 6) is 0. The summed E-state index contributed by atoms with van der Waals surface area (Å²) in [6, 6.07) is 1.41. The predicted molar refractivity (Wildman–Crippen MR) is 47.6 cm³/mol. The molecular weight excluding hydrogens is 180 g/mol. The lowest BCUT2D eigenvalue weighted by Crippen LogP contribution is -1.94. The molecule has 0 N–H and O–H groups in total. The molecule has 5 heteroatoms. The molecule has 0 unspecified atom stereocenters. The van der Waals surface area contributed by atoms with Gasteiger partial charge in [-0.1, -0.05) is 0 Å². The summed E-state index contributed by atoms with van der Waals surface area (Å²) in [4.78, 5) is 13.9. The normalized spacial score (nSPS) is 8.83. The summed E-state index contributed by atoms with van der Waals surface area (Å²) in [5.41, 5.74) is 1.48. The Labute approximate surface area is 76.2 Å². The van der Waals surface area contributed by atoms with Gasteiger partial charge in [0.05, 0.1) is 4.92 Å². The number of aryl methyl sites for hydroxylation is 1. The van der Waals surface area contributed by atoms with Crippen molar-refractivity contribution in [2.24, 2.45) is 0 Å². The van der Waals surface area contributed by atoms with Gasteiger partial charge in [0, 0.05) is 23.5 Å². The van der Waals surface area contributed by atoms with Crippen molar-refractivity contribution in [1.29, 1.82) is 0 Å². The Kier molecular flexibility index (Phi) is 3.63. The van der Waals surface area contributed by atoms with Gasteiger partial charge in [0.25, 0.3) is 5.69 Å². The van der Waals surface area contributed by atoms with Gasteiger partial charge < -0.3 is 0 Å². The standard InChI is InChI=1S/C7H8N2O2.ClH/c1-5-6(2)8-4-3-7(5)9(10)11;/h3-4H,1-2H3;1H. The lowest BCUT2D eigenvalue weighted by Gasteiger charge is -1.97. The SMILES string of the molecule is Cc1nccc([N+](=O)[O-])c1C.Cl. The van der Waals surface area contributed by atoms with Crippen LogP contribution in [0.3, 0.4) is 0 Å². The van der Waals surface area contributed by atoms with E-state index in [2.05, 4.69) is 4.98 Å². The van der Waals surface area contributed by atoms with Gasteiger partial charge in [0.1, 0.15) is 0 Å². The molecule has 1 rings (SSSR count). The highest BCUT2D eigenvalue weighted by Crippen LogP contribution is 2.17. The fourth-order valence-electron chi connectivity index (χ4n) is 0.825. The van der Waals surface area contributed by atoms with Crippen LogP contribution in [0, 0.1) is 24.0 Å². The maximum atomic E-state index is 10.4. The topological polar surface area (TPSA) is 56.0 Å². The fourth-order valence-corrected chi connectivity index (χ4v) is 0.825. The van der Waals surface area contributed by atoms with Gasteiger partial charge in [0.2, 0.25) is 0 Å². The van der Waals surface area contributed by atoms with E-state index in [1.54, 1.807) is 13.8 Å². The molecular formula is C7H9ClN2O2. The zero-order valence-electron chi connectivity index (χ0n) is 6.77. The van der Waals surface area contributed by atoms with Gasteiger partial charge in [-0.2, -0.15) is 0 Å². The number of hydrogen-bond donors (Lipinski definition) is 0. The molecule has 0 radical (unpaired) electrons. The van der Waals surface area contributed by atoms with Crippen molar-refractivity contribution in [2.75, 3.05) is 0 Å². The van der Waals surface area contributed by atoms with Crippen LogP contribution in [0.1, 0.15) is 11.3 Å². The van der Waals surface area contributed by atoms with E-state index in [9.17, 15) is 10.1 Å². The minimum absolute atomic E-state index is 0. The molecule has 66 valence electrons. The summed E-state index contributed by atoms with van der Waals surface area (Å²) in [7, 11) is 0. The molecule has 0 aliphatic rings. The zero-order valence-corrected chi connectivity index (χ0v) is 7.59. The third-order valence-electron chi connectivity index (χ3n) is 1.62. The molecule has 0 saturated carbocycles. The first-order valence-corrected chi connectivity index (χ1v) is 3.19. The molecule has 0 aromatic carbocycles. The van der Waals surface area contributed by atoms with Gasteiger partial charge in [0.15, 0.2) is 0 Å². The maximum Gasteiger partial charge on any atom is 0.275 e. The van der Waals surface area contributed by atoms with Gasteiger partial charge in [-0.15, -0.1) is 12.4 Å². The van der Waals surface area contributed by atoms with E-state index in [0.717, 1.165) is 0 Å². The van der Waals surface area contributed by atoms with E-state index in [0.29, 0.717) is 11.3 Å². The largest absolute Gasteiger partial charge is 0.275 e. The summed E-state index contributed by atoms with van der Waals surface area (Å²) in [6.45, 7) is 3.45. The van der Waals surface area contributed by atoms with E-state index < -0.39 is 4.92 Å².